The minimum atomic E-state index is -2.43. The fourth-order valence-corrected chi connectivity index (χ4v) is 10.1. The number of aliphatic hydroxyl groups excluding tert-OH is 2. The maximum Gasteiger partial charge on any atom is 0.329 e. The van der Waals surface area contributed by atoms with Crippen molar-refractivity contribution in [3.63, 3.8) is 0 Å². The van der Waals surface area contributed by atoms with Crippen LogP contribution in [0, 0.1) is 35.5 Å². The summed E-state index contributed by atoms with van der Waals surface area (Å²) in [5.41, 5.74) is 1.29. The molecule has 0 radical (unpaired) electrons. The van der Waals surface area contributed by atoms with Crippen LogP contribution in [0.5, 0.6) is 0 Å². The number of ether oxygens (including phenoxy) is 5. The van der Waals surface area contributed by atoms with E-state index in [0.29, 0.717) is 63.4 Å². The molecule has 0 aromatic carbocycles. The molecule has 1 amide bonds. The summed E-state index contributed by atoms with van der Waals surface area (Å²) in [7, 11) is 4.54. The number of carbonyl (C=O) groups excluding carboxylic acids is 5. The second-order valence-electron chi connectivity index (χ2n) is 19.9. The molecular weight excluding hydrogens is 847 g/mol. The van der Waals surface area contributed by atoms with Gasteiger partial charge in [-0.3, -0.25) is 19.2 Å². The molecule has 14 nitrogen and oxygen atoms in total. The third-order valence-electron chi connectivity index (χ3n) is 14.8. The summed E-state index contributed by atoms with van der Waals surface area (Å²) in [5, 5.41) is 33.9. The third kappa shape index (κ3) is 14.6. The number of hydrogen-bond donors (Lipinski definition) is 3. The number of methoxy groups -OCH3 is 3. The fourth-order valence-electron chi connectivity index (χ4n) is 10.1. The van der Waals surface area contributed by atoms with Gasteiger partial charge < -0.3 is 43.9 Å². The fraction of sp³-hybridized carbons (Fsp3) is 0.750. The molecule has 3 N–H and O–H groups in total. The lowest BCUT2D eigenvalue weighted by Gasteiger charge is -2.42. The van der Waals surface area contributed by atoms with Gasteiger partial charge in [-0.05, 0) is 113 Å². The average molecular weight is 928 g/mol. The Kier molecular flexibility index (Phi) is 21.6. The van der Waals surface area contributed by atoms with E-state index >= 15 is 0 Å². The molecule has 0 unspecified atom stereocenters. The Balaban J connectivity index is 1.69. The zero-order chi connectivity index (χ0) is 48.9. The van der Waals surface area contributed by atoms with E-state index in [0.717, 1.165) is 18.4 Å². The van der Waals surface area contributed by atoms with Crippen molar-refractivity contribution in [2.45, 2.75) is 186 Å². The molecule has 4 rings (SSSR count). The lowest BCUT2D eigenvalue weighted by Crippen LogP contribution is -2.61. The van der Waals surface area contributed by atoms with Crippen LogP contribution in [0.4, 0.5) is 0 Å². The molecule has 2 bridgehead atoms. The van der Waals surface area contributed by atoms with Crippen LogP contribution in [0.3, 0.4) is 0 Å². The van der Waals surface area contributed by atoms with Gasteiger partial charge in [-0.2, -0.15) is 0 Å². The van der Waals surface area contributed by atoms with Crippen molar-refractivity contribution in [2.75, 3.05) is 27.9 Å². The average Bonchev–Trinajstić information content (AvgIpc) is 3.30. The quantitative estimate of drug-likeness (QED) is 0.147. The third-order valence-corrected chi connectivity index (χ3v) is 14.8. The molecule has 14 heteroatoms. The van der Waals surface area contributed by atoms with Crippen LogP contribution in [0.2, 0.25) is 0 Å². The van der Waals surface area contributed by atoms with Crippen molar-refractivity contribution in [2.24, 2.45) is 35.5 Å². The van der Waals surface area contributed by atoms with Crippen molar-refractivity contribution in [1.82, 2.24) is 4.90 Å². The number of hydrogen-bond acceptors (Lipinski definition) is 13. The first-order valence-corrected chi connectivity index (χ1v) is 24.4. The summed E-state index contributed by atoms with van der Waals surface area (Å²) in [6.45, 7) is 12.8. The van der Waals surface area contributed by atoms with E-state index < -0.39 is 83.9 Å². The van der Waals surface area contributed by atoms with Crippen LogP contribution >= 0.6 is 0 Å². The molecule has 1 saturated carbocycles. The first-order chi connectivity index (χ1) is 31.2. The minimum Gasteiger partial charge on any atom is -0.460 e. The highest BCUT2D eigenvalue weighted by molar-refractivity contribution is 6.39. The molecule has 66 heavy (non-hydrogen) atoms. The summed E-state index contributed by atoms with van der Waals surface area (Å²) in [6, 6.07) is -1.14. The van der Waals surface area contributed by atoms with Gasteiger partial charge in [0, 0.05) is 58.5 Å². The maximum atomic E-state index is 14.4. The number of allylic oxidation sites excluding steroid dienone is 6. The van der Waals surface area contributed by atoms with Gasteiger partial charge >= 0.3 is 5.97 Å². The maximum absolute atomic E-state index is 14.4. The molecule has 0 aromatic rings. The number of Topliss-reactive ketones (excluding diaryl/α,β-unsaturated/α-hetero) is 3. The molecule has 4 aliphatic rings. The van der Waals surface area contributed by atoms with Gasteiger partial charge in [0.15, 0.2) is 5.78 Å². The van der Waals surface area contributed by atoms with E-state index in [1.807, 2.05) is 45.1 Å². The summed E-state index contributed by atoms with van der Waals surface area (Å²) < 4.78 is 29.4. The van der Waals surface area contributed by atoms with Crippen molar-refractivity contribution < 1.29 is 63.0 Å². The zero-order valence-electron chi connectivity index (χ0n) is 41.3. The van der Waals surface area contributed by atoms with E-state index in [2.05, 4.69) is 13.0 Å². The Morgan fingerprint density at radius 2 is 1.56 bits per heavy atom. The Labute approximate surface area is 393 Å². The Bertz CT molecular complexity index is 1770. The standard InChI is InChI=1S/C52H81NO13/c1-31-16-12-11-13-17-32(2)43(62-8)29-39-23-21-37(7)52(61,66-39)49(58)50(59)53-25-15-14-18-40(53)51(60)65-44(35(5)27-38-22-24-41(54)45(28-38)63-9)30-42(55)34(4)26-36(6)47(57)48(64-10)46(56)33(3)20-19-31/h11-13,16-17,26,31,33-35,37-41,43-45,47-48,54,57,61H,14-15,18-25,27-30H2,1-10H3/b13-11+,16-12+,32-17+,36-26+/t31-,33-,34-,35-,37-,38+,39+,40+,41-,43+,44+,45-,47-,48+,52-/m1/s1. The van der Waals surface area contributed by atoms with E-state index in [1.54, 1.807) is 41.1 Å². The number of amides is 1. The first kappa shape index (κ1) is 55.2. The van der Waals surface area contributed by atoms with Crippen LogP contribution in [0.1, 0.15) is 132 Å². The molecule has 0 spiro atoms. The van der Waals surface area contributed by atoms with Crippen LogP contribution in [0.25, 0.3) is 0 Å². The van der Waals surface area contributed by atoms with Crippen molar-refractivity contribution in [3.05, 3.63) is 47.6 Å². The molecule has 372 valence electrons. The topological polar surface area (TPSA) is 195 Å². The smallest absolute Gasteiger partial charge is 0.329 e. The van der Waals surface area contributed by atoms with E-state index in [-0.39, 0.29) is 54.8 Å². The van der Waals surface area contributed by atoms with Gasteiger partial charge in [0.1, 0.15) is 30.1 Å². The Morgan fingerprint density at radius 3 is 2.24 bits per heavy atom. The number of rotatable bonds is 6. The molecule has 3 heterocycles. The largest absolute Gasteiger partial charge is 0.460 e. The van der Waals surface area contributed by atoms with Gasteiger partial charge in [-0.15, -0.1) is 0 Å². The number of cyclic esters (lactones) is 1. The number of nitrogens with zero attached hydrogens (tertiary/aromatic N) is 1. The molecule has 2 saturated heterocycles. The predicted octanol–water partition coefficient (Wildman–Crippen LogP) is 6.57. The number of esters is 1. The normalized spacial score (nSPS) is 40.2. The Hall–Kier alpha value is -3.37. The van der Waals surface area contributed by atoms with Gasteiger partial charge in [-0.25, -0.2) is 4.79 Å². The van der Waals surface area contributed by atoms with Crippen LogP contribution < -0.4 is 0 Å². The number of aliphatic hydroxyl groups is 3. The van der Waals surface area contributed by atoms with Gasteiger partial charge in [0.2, 0.25) is 5.79 Å². The van der Waals surface area contributed by atoms with Crippen LogP contribution in [0.15, 0.2) is 47.6 Å². The molecule has 3 fully saturated rings. The number of piperidine rings is 1. The van der Waals surface area contributed by atoms with Gasteiger partial charge in [0.25, 0.3) is 11.7 Å². The molecule has 15 atom stereocenters. The molecule has 1 aliphatic carbocycles. The zero-order valence-corrected chi connectivity index (χ0v) is 41.3. The summed E-state index contributed by atoms with van der Waals surface area (Å²) in [4.78, 5) is 71.8. The molecular formula is C52H81NO13. The number of fused-ring (bicyclic) bond motifs is 3. The second-order valence-corrected chi connectivity index (χ2v) is 19.9. The minimum absolute atomic E-state index is 0.0880. The highest BCUT2D eigenvalue weighted by atomic mass is 16.6. The van der Waals surface area contributed by atoms with E-state index in [1.165, 1.54) is 12.0 Å². The van der Waals surface area contributed by atoms with Crippen molar-refractivity contribution >= 4 is 29.2 Å². The number of ketones is 3. The highest BCUT2D eigenvalue weighted by Crippen LogP contribution is 2.38. The monoisotopic (exact) mass is 928 g/mol. The molecule has 3 aliphatic heterocycles. The summed E-state index contributed by atoms with van der Waals surface area (Å²) in [6.07, 6.45) is 12.2. The highest BCUT2D eigenvalue weighted by Gasteiger charge is 2.53. The lowest BCUT2D eigenvalue weighted by atomic mass is 9.78. The second kappa shape index (κ2) is 25.8. The van der Waals surface area contributed by atoms with E-state index in [9.17, 15) is 39.3 Å². The summed E-state index contributed by atoms with van der Waals surface area (Å²) >= 11 is 0. The van der Waals surface area contributed by atoms with Crippen molar-refractivity contribution in [3.8, 4) is 0 Å². The van der Waals surface area contributed by atoms with Crippen LogP contribution in [-0.2, 0) is 47.7 Å². The molecule has 0 aromatic heterocycles. The first-order valence-electron chi connectivity index (χ1n) is 24.4. The predicted molar refractivity (Wildman–Crippen MR) is 250 cm³/mol. The summed E-state index contributed by atoms with van der Waals surface area (Å²) in [5.74, 6) is -7.74. The Morgan fingerprint density at radius 1 is 0.833 bits per heavy atom. The SMILES string of the molecule is CO[C@H]1C[C@@H]2CC[C@@H](C)[C@@](O)(O2)C(=O)C(=O)N2CCCC[C@H]2C(=O)O[C@H]([C@H](C)C[C@@H]2CC[C@@H](O)[C@H](OC)C2)CC(=O)[C@H](C)/C=C(\C)[C@@H](O)[C@@H](OC)C(=O)[C@H](C)CC[C@H](C)/C=C/C=C/C=C/1C. The van der Waals surface area contributed by atoms with Gasteiger partial charge in [0.05, 0.1) is 24.4 Å². The van der Waals surface area contributed by atoms with Gasteiger partial charge in [-0.1, -0.05) is 71.1 Å². The van der Waals surface area contributed by atoms with E-state index in [4.69, 9.17) is 23.7 Å². The van der Waals surface area contributed by atoms with Crippen LogP contribution in [-0.4, -0.2) is 132 Å². The van der Waals surface area contributed by atoms with Crippen molar-refractivity contribution in [1.29, 1.82) is 0 Å². The number of carbonyl (C=O) groups is 5. The lowest BCUT2D eigenvalue weighted by molar-refractivity contribution is -0.265.